The Labute approximate surface area is 161 Å². The molecule has 1 aromatic heterocycles. The molecule has 0 radical (unpaired) electrons. The molecular formula is C21H31N3O3. The van der Waals surface area contributed by atoms with Crippen molar-refractivity contribution in [2.45, 2.75) is 71.4 Å². The van der Waals surface area contributed by atoms with Crippen LogP contribution < -0.4 is 10.1 Å². The van der Waals surface area contributed by atoms with Crippen LogP contribution in [0.1, 0.15) is 60.5 Å². The summed E-state index contributed by atoms with van der Waals surface area (Å²) in [5.74, 6) is 2.15. The Morgan fingerprint density at radius 1 is 1.15 bits per heavy atom. The van der Waals surface area contributed by atoms with Crippen molar-refractivity contribution in [2.75, 3.05) is 13.2 Å². The Morgan fingerprint density at radius 2 is 1.85 bits per heavy atom. The van der Waals surface area contributed by atoms with Crippen LogP contribution in [0.2, 0.25) is 0 Å². The Balaban J connectivity index is 1.62. The van der Waals surface area contributed by atoms with Crippen LogP contribution in [0.25, 0.3) is 0 Å². The Hall–Kier alpha value is -1.92. The summed E-state index contributed by atoms with van der Waals surface area (Å²) in [5, 5.41) is 18.2. The number of benzene rings is 1. The number of nitrogens with zero attached hydrogens (tertiary/aromatic N) is 2. The zero-order valence-electron chi connectivity index (χ0n) is 16.8. The zero-order chi connectivity index (χ0) is 19.4. The monoisotopic (exact) mass is 373 g/mol. The van der Waals surface area contributed by atoms with Crippen molar-refractivity contribution in [1.29, 1.82) is 0 Å². The van der Waals surface area contributed by atoms with Crippen molar-refractivity contribution < 1.29 is 14.4 Å². The van der Waals surface area contributed by atoms with Gasteiger partial charge in [0.15, 0.2) is 5.82 Å². The zero-order valence-corrected chi connectivity index (χ0v) is 16.8. The molecule has 0 saturated heterocycles. The van der Waals surface area contributed by atoms with Gasteiger partial charge in [0.25, 0.3) is 0 Å². The first-order valence-corrected chi connectivity index (χ1v) is 9.85. The molecule has 0 aliphatic heterocycles. The molecule has 1 aliphatic rings. The second-order valence-electron chi connectivity index (χ2n) is 7.78. The fraction of sp³-hybridized carbons (Fsp3) is 0.619. The van der Waals surface area contributed by atoms with Crippen molar-refractivity contribution >= 4 is 0 Å². The number of aliphatic hydroxyl groups is 1. The fourth-order valence-corrected chi connectivity index (χ4v) is 3.83. The number of aliphatic hydroxyl groups excluding tert-OH is 1. The van der Waals surface area contributed by atoms with Gasteiger partial charge in [0, 0.05) is 13.5 Å². The summed E-state index contributed by atoms with van der Waals surface area (Å²) in [6, 6.07) is 4.15. The van der Waals surface area contributed by atoms with Gasteiger partial charge in [0.05, 0.1) is 5.54 Å². The largest absolute Gasteiger partial charge is 0.490 e. The number of nitrogens with one attached hydrogen (secondary N) is 1. The molecule has 1 atom stereocenters. The number of ether oxygens (including phenoxy) is 1. The van der Waals surface area contributed by atoms with E-state index in [9.17, 15) is 5.11 Å². The van der Waals surface area contributed by atoms with Gasteiger partial charge >= 0.3 is 0 Å². The standard InChI is InChI=1S/C21H31N3O3/c1-14-8-9-15(2)19(16(14)3)26-13-18(25)12-22-21(10-6-5-7-11-21)20-23-17(4)27-24-20/h8-9,18,22,25H,5-7,10-13H2,1-4H3. The smallest absolute Gasteiger partial charge is 0.223 e. The third-order valence-corrected chi connectivity index (χ3v) is 5.63. The van der Waals surface area contributed by atoms with Gasteiger partial charge in [-0.25, -0.2) is 0 Å². The predicted molar refractivity (Wildman–Crippen MR) is 104 cm³/mol. The maximum absolute atomic E-state index is 10.5. The Kier molecular flexibility index (Phi) is 6.17. The first kappa shape index (κ1) is 19.8. The molecular weight excluding hydrogens is 342 g/mol. The lowest BCUT2D eigenvalue weighted by Crippen LogP contribution is -2.48. The summed E-state index contributed by atoms with van der Waals surface area (Å²) >= 11 is 0. The van der Waals surface area contributed by atoms with E-state index < -0.39 is 6.10 Å². The normalized spacial score (nSPS) is 17.7. The van der Waals surface area contributed by atoms with Crippen LogP contribution in [0.4, 0.5) is 0 Å². The maximum Gasteiger partial charge on any atom is 0.223 e. The molecule has 27 heavy (non-hydrogen) atoms. The maximum atomic E-state index is 10.5. The topological polar surface area (TPSA) is 80.4 Å². The Morgan fingerprint density at radius 3 is 2.52 bits per heavy atom. The third kappa shape index (κ3) is 4.50. The van der Waals surface area contributed by atoms with Crippen LogP contribution in [0.5, 0.6) is 5.75 Å². The van der Waals surface area contributed by atoms with Gasteiger partial charge in [0.2, 0.25) is 5.89 Å². The van der Waals surface area contributed by atoms with Crippen LogP contribution >= 0.6 is 0 Å². The molecule has 6 heteroatoms. The summed E-state index contributed by atoms with van der Waals surface area (Å²) in [7, 11) is 0. The molecule has 2 aromatic rings. The summed E-state index contributed by atoms with van der Waals surface area (Å²) < 4.78 is 11.2. The van der Waals surface area contributed by atoms with E-state index >= 15 is 0 Å². The van der Waals surface area contributed by atoms with Gasteiger partial charge in [-0.15, -0.1) is 0 Å². The van der Waals surface area contributed by atoms with Gasteiger partial charge in [-0.05, 0) is 50.3 Å². The quantitative estimate of drug-likeness (QED) is 0.773. The molecule has 1 saturated carbocycles. The van der Waals surface area contributed by atoms with Crippen molar-refractivity contribution in [1.82, 2.24) is 15.5 Å². The number of aryl methyl sites for hydroxylation is 3. The van der Waals surface area contributed by atoms with Gasteiger partial charge in [0.1, 0.15) is 18.5 Å². The van der Waals surface area contributed by atoms with Crippen LogP contribution in [0.3, 0.4) is 0 Å². The predicted octanol–water partition coefficient (Wildman–Crippen LogP) is 3.49. The van der Waals surface area contributed by atoms with Crippen LogP contribution in [-0.2, 0) is 5.54 Å². The van der Waals surface area contributed by atoms with E-state index in [1.165, 1.54) is 12.0 Å². The molecule has 1 aromatic carbocycles. The summed E-state index contributed by atoms with van der Waals surface area (Å²) in [4.78, 5) is 4.46. The average molecular weight is 373 g/mol. The van der Waals surface area contributed by atoms with Gasteiger partial charge in [-0.1, -0.05) is 36.6 Å². The highest BCUT2D eigenvalue weighted by Gasteiger charge is 2.38. The third-order valence-electron chi connectivity index (χ3n) is 5.63. The summed E-state index contributed by atoms with van der Waals surface area (Å²) in [6.07, 6.45) is 4.75. The number of hydrogen-bond donors (Lipinski definition) is 2. The van der Waals surface area contributed by atoms with Gasteiger partial charge in [-0.3, -0.25) is 0 Å². The van der Waals surface area contributed by atoms with E-state index in [0.717, 1.165) is 42.6 Å². The van der Waals surface area contributed by atoms with Crippen LogP contribution in [0.15, 0.2) is 16.7 Å². The van der Waals surface area contributed by atoms with Gasteiger partial charge < -0.3 is 19.7 Å². The molecule has 1 aliphatic carbocycles. The van der Waals surface area contributed by atoms with E-state index in [1.54, 1.807) is 0 Å². The molecule has 1 heterocycles. The highest BCUT2D eigenvalue weighted by molar-refractivity contribution is 5.44. The fourth-order valence-electron chi connectivity index (χ4n) is 3.83. The number of hydrogen-bond acceptors (Lipinski definition) is 6. The summed E-state index contributed by atoms with van der Waals surface area (Å²) in [6.45, 7) is 8.64. The van der Waals surface area contributed by atoms with E-state index in [1.807, 2.05) is 13.8 Å². The van der Waals surface area contributed by atoms with Crippen LogP contribution in [0, 0.1) is 27.7 Å². The second-order valence-corrected chi connectivity index (χ2v) is 7.78. The SMILES string of the molecule is Cc1nc(C2(NCC(O)COc3c(C)ccc(C)c3C)CCCCC2)no1. The number of aromatic nitrogens is 2. The summed E-state index contributed by atoms with van der Waals surface area (Å²) in [5.41, 5.74) is 3.09. The molecule has 3 rings (SSSR count). The molecule has 0 amide bonds. The first-order chi connectivity index (χ1) is 12.9. The van der Waals surface area contributed by atoms with E-state index in [0.29, 0.717) is 18.3 Å². The minimum Gasteiger partial charge on any atom is -0.490 e. The van der Waals surface area contributed by atoms with Gasteiger partial charge in [-0.2, -0.15) is 4.98 Å². The number of rotatable bonds is 7. The average Bonchev–Trinajstić information content (AvgIpc) is 3.11. The molecule has 6 nitrogen and oxygen atoms in total. The van der Waals surface area contributed by atoms with E-state index in [-0.39, 0.29) is 12.1 Å². The molecule has 1 fully saturated rings. The minimum atomic E-state index is -0.615. The van der Waals surface area contributed by atoms with Crippen LogP contribution in [-0.4, -0.2) is 34.5 Å². The molecule has 0 bridgehead atoms. The van der Waals surface area contributed by atoms with Crippen molar-refractivity contribution in [3.05, 3.63) is 40.5 Å². The highest BCUT2D eigenvalue weighted by Crippen LogP contribution is 2.35. The molecule has 148 valence electrons. The minimum absolute atomic E-state index is 0.249. The Bertz CT molecular complexity index is 766. The molecule has 0 spiro atoms. The molecule has 2 N–H and O–H groups in total. The first-order valence-electron chi connectivity index (χ1n) is 9.85. The van der Waals surface area contributed by atoms with E-state index in [4.69, 9.17) is 9.26 Å². The lowest BCUT2D eigenvalue weighted by molar-refractivity contribution is 0.0873. The van der Waals surface area contributed by atoms with Crippen molar-refractivity contribution in [2.24, 2.45) is 0 Å². The van der Waals surface area contributed by atoms with Crippen molar-refractivity contribution in [3.8, 4) is 5.75 Å². The lowest BCUT2D eigenvalue weighted by Gasteiger charge is -2.36. The van der Waals surface area contributed by atoms with Crippen molar-refractivity contribution in [3.63, 3.8) is 0 Å². The highest BCUT2D eigenvalue weighted by atomic mass is 16.5. The van der Waals surface area contributed by atoms with E-state index in [2.05, 4.69) is 41.4 Å². The molecule has 1 unspecified atom stereocenters. The second kappa shape index (κ2) is 8.40. The lowest BCUT2D eigenvalue weighted by atomic mass is 9.81.